The van der Waals surface area contributed by atoms with Crippen molar-refractivity contribution in [1.29, 1.82) is 0 Å². The minimum Gasteiger partial charge on any atom is -0.497 e. The van der Waals surface area contributed by atoms with Crippen molar-refractivity contribution in [2.24, 2.45) is 0 Å². The van der Waals surface area contributed by atoms with Gasteiger partial charge >= 0.3 is 5.97 Å². The van der Waals surface area contributed by atoms with Gasteiger partial charge in [-0.2, -0.15) is 0 Å². The number of ether oxygens (including phenoxy) is 2. The van der Waals surface area contributed by atoms with E-state index < -0.39 is 11.9 Å². The molecule has 0 saturated heterocycles. The van der Waals surface area contributed by atoms with Crippen LogP contribution >= 0.6 is 0 Å². The second kappa shape index (κ2) is 7.55. The number of nitrogens with one attached hydrogen (secondary N) is 1. The zero-order valence-corrected chi connectivity index (χ0v) is 15.4. The Labute approximate surface area is 148 Å². The monoisotopic (exact) mass is 343 g/mol. The van der Waals surface area contributed by atoms with Crippen molar-refractivity contribution in [3.63, 3.8) is 0 Å². The van der Waals surface area contributed by atoms with Gasteiger partial charge in [0.2, 0.25) is 0 Å². The maximum absolute atomic E-state index is 12.2. The van der Waals surface area contributed by atoms with E-state index in [0.29, 0.717) is 0 Å². The number of amides is 1. The Bertz CT molecular complexity index is 777. The van der Waals surface area contributed by atoms with E-state index in [2.05, 4.69) is 5.32 Å². The van der Waals surface area contributed by atoms with E-state index in [4.69, 9.17) is 9.47 Å². The first-order chi connectivity index (χ1) is 11.7. The summed E-state index contributed by atoms with van der Waals surface area (Å²) in [6.45, 7) is 7.12. The van der Waals surface area contributed by atoms with Gasteiger partial charge in [0, 0.05) is 5.54 Å². The molecule has 0 radical (unpaired) electrons. The van der Waals surface area contributed by atoms with Crippen molar-refractivity contribution in [2.75, 3.05) is 13.7 Å². The molecule has 0 heterocycles. The lowest BCUT2D eigenvalue weighted by Crippen LogP contribution is -2.42. The van der Waals surface area contributed by atoms with Crippen molar-refractivity contribution in [1.82, 2.24) is 5.32 Å². The molecule has 0 fully saturated rings. The van der Waals surface area contributed by atoms with Gasteiger partial charge < -0.3 is 14.8 Å². The molecule has 0 aliphatic heterocycles. The summed E-state index contributed by atoms with van der Waals surface area (Å²) < 4.78 is 10.4. The van der Waals surface area contributed by atoms with Crippen LogP contribution in [0, 0.1) is 0 Å². The smallest absolute Gasteiger partial charge is 0.313 e. The Morgan fingerprint density at radius 1 is 1.08 bits per heavy atom. The molecule has 0 unspecified atom stereocenters. The molecule has 0 bridgehead atoms. The van der Waals surface area contributed by atoms with Crippen LogP contribution in [-0.4, -0.2) is 31.1 Å². The summed E-state index contributed by atoms with van der Waals surface area (Å²) in [5.41, 5.74) is 0.494. The molecule has 5 heteroatoms. The summed E-state index contributed by atoms with van der Waals surface area (Å²) in [6, 6.07) is 11.6. The SMILES string of the molecule is COc1ccc2cc([C@H](C)C(=O)OCC(=O)NC(C)(C)C)ccc2c1. The Kier molecular flexibility index (Phi) is 5.67. The number of hydrogen-bond donors (Lipinski definition) is 1. The number of fused-ring (bicyclic) bond motifs is 1. The molecule has 1 amide bonds. The van der Waals surface area contributed by atoms with Crippen LogP contribution in [0.5, 0.6) is 5.75 Å². The van der Waals surface area contributed by atoms with E-state index in [-0.39, 0.29) is 18.1 Å². The van der Waals surface area contributed by atoms with Gasteiger partial charge in [0.25, 0.3) is 5.91 Å². The molecule has 1 atom stereocenters. The zero-order chi connectivity index (χ0) is 18.6. The first-order valence-electron chi connectivity index (χ1n) is 8.25. The summed E-state index contributed by atoms with van der Waals surface area (Å²) in [7, 11) is 1.63. The highest BCUT2D eigenvalue weighted by Gasteiger charge is 2.20. The predicted octanol–water partition coefficient (Wildman–Crippen LogP) is 3.41. The first-order valence-corrected chi connectivity index (χ1v) is 8.25. The van der Waals surface area contributed by atoms with Crippen molar-refractivity contribution < 1.29 is 19.1 Å². The van der Waals surface area contributed by atoms with Crippen LogP contribution in [0.4, 0.5) is 0 Å². The van der Waals surface area contributed by atoms with Crippen LogP contribution in [0.3, 0.4) is 0 Å². The number of esters is 1. The van der Waals surface area contributed by atoms with E-state index in [1.807, 2.05) is 57.2 Å². The molecule has 1 N–H and O–H groups in total. The number of benzene rings is 2. The fraction of sp³-hybridized carbons (Fsp3) is 0.400. The van der Waals surface area contributed by atoms with Gasteiger partial charge in [-0.15, -0.1) is 0 Å². The Morgan fingerprint density at radius 2 is 1.72 bits per heavy atom. The molecule has 2 aromatic rings. The fourth-order valence-corrected chi connectivity index (χ4v) is 2.49. The molecule has 2 rings (SSSR count). The fourth-order valence-electron chi connectivity index (χ4n) is 2.49. The van der Waals surface area contributed by atoms with E-state index in [9.17, 15) is 9.59 Å². The Hall–Kier alpha value is -2.56. The maximum Gasteiger partial charge on any atom is 0.313 e. The Balaban J connectivity index is 2.04. The molecule has 2 aromatic carbocycles. The maximum atomic E-state index is 12.2. The molecule has 0 aromatic heterocycles. The number of carbonyl (C=O) groups is 2. The van der Waals surface area contributed by atoms with Crippen LogP contribution in [0.1, 0.15) is 39.2 Å². The summed E-state index contributed by atoms with van der Waals surface area (Å²) >= 11 is 0. The predicted molar refractivity (Wildman–Crippen MR) is 97.8 cm³/mol. The second-order valence-electron chi connectivity index (χ2n) is 7.10. The van der Waals surface area contributed by atoms with Gasteiger partial charge in [0.05, 0.1) is 13.0 Å². The van der Waals surface area contributed by atoms with Gasteiger partial charge in [-0.3, -0.25) is 9.59 Å². The topological polar surface area (TPSA) is 64.6 Å². The van der Waals surface area contributed by atoms with E-state index in [1.54, 1.807) is 14.0 Å². The summed E-state index contributed by atoms with van der Waals surface area (Å²) in [4.78, 5) is 24.0. The molecule has 134 valence electrons. The van der Waals surface area contributed by atoms with Crippen molar-refractivity contribution in [3.05, 3.63) is 42.0 Å². The third-order valence-electron chi connectivity index (χ3n) is 3.78. The quantitative estimate of drug-likeness (QED) is 0.845. The van der Waals surface area contributed by atoms with Crippen molar-refractivity contribution >= 4 is 22.6 Å². The minimum absolute atomic E-state index is 0.273. The Morgan fingerprint density at radius 3 is 2.36 bits per heavy atom. The van der Waals surface area contributed by atoms with Crippen LogP contribution in [0.15, 0.2) is 36.4 Å². The van der Waals surface area contributed by atoms with Gasteiger partial charge in [0.15, 0.2) is 6.61 Å². The molecule has 0 saturated carbocycles. The molecule has 5 nitrogen and oxygen atoms in total. The molecule has 0 aliphatic carbocycles. The molecular weight excluding hydrogens is 318 g/mol. The van der Waals surface area contributed by atoms with Gasteiger partial charge in [0.1, 0.15) is 5.75 Å². The van der Waals surface area contributed by atoms with Crippen LogP contribution in [0.25, 0.3) is 10.8 Å². The lowest BCUT2D eigenvalue weighted by Gasteiger charge is -2.20. The third kappa shape index (κ3) is 5.21. The largest absolute Gasteiger partial charge is 0.497 e. The highest BCUT2D eigenvalue weighted by atomic mass is 16.5. The zero-order valence-electron chi connectivity index (χ0n) is 15.4. The molecular formula is C20H25NO4. The molecule has 0 aliphatic rings. The van der Waals surface area contributed by atoms with E-state index >= 15 is 0 Å². The number of rotatable bonds is 5. The van der Waals surface area contributed by atoms with Crippen molar-refractivity contribution in [3.8, 4) is 5.75 Å². The standard InChI is InChI=1S/C20H25NO4/c1-13(19(23)25-12-18(22)21-20(2,3)4)14-6-7-16-11-17(24-5)9-8-15(16)10-14/h6-11,13H,12H2,1-5H3,(H,21,22)/t13-/m0/s1. The summed E-state index contributed by atoms with van der Waals surface area (Å²) in [5.74, 6) is -0.387. The molecule has 0 spiro atoms. The average Bonchev–Trinajstić information content (AvgIpc) is 2.56. The van der Waals surface area contributed by atoms with Gasteiger partial charge in [-0.1, -0.05) is 24.3 Å². The van der Waals surface area contributed by atoms with Crippen LogP contribution < -0.4 is 10.1 Å². The lowest BCUT2D eigenvalue weighted by molar-refractivity contribution is -0.150. The average molecular weight is 343 g/mol. The number of carbonyl (C=O) groups excluding carboxylic acids is 2. The first kappa shape index (κ1) is 18.8. The van der Waals surface area contributed by atoms with E-state index in [1.165, 1.54) is 0 Å². The minimum atomic E-state index is -0.450. The highest BCUT2D eigenvalue weighted by Crippen LogP contribution is 2.25. The summed E-state index contributed by atoms with van der Waals surface area (Å²) in [6.07, 6.45) is 0. The third-order valence-corrected chi connectivity index (χ3v) is 3.78. The molecule has 25 heavy (non-hydrogen) atoms. The number of methoxy groups -OCH3 is 1. The van der Waals surface area contributed by atoms with Gasteiger partial charge in [-0.05, 0) is 56.2 Å². The second-order valence-corrected chi connectivity index (χ2v) is 7.10. The number of hydrogen-bond acceptors (Lipinski definition) is 4. The van der Waals surface area contributed by atoms with Crippen molar-refractivity contribution in [2.45, 2.75) is 39.2 Å². The normalized spacial score (nSPS) is 12.5. The highest BCUT2D eigenvalue weighted by molar-refractivity contribution is 5.87. The van der Waals surface area contributed by atoms with E-state index in [0.717, 1.165) is 22.1 Å². The van der Waals surface area contributed by atoms with Gasteiger partial charge in [-0.25, -0.2) is 0 Å². The van der Waals surface area contributed by atoms with Crippen LogP contribution in [0.2, 0.25) is 0 Å². The lowest BCUT2D eigenvalue weighted by atomic mass is 9.98. The van der Waals surface area contributed by atoms with Crippen LogP contribution in [-0.2, 0) is 14.3 Å². The summed E-state index contributed by atoms with van der Waals surface area (Å²) in [5, 5.41) is 4.81.